The number of fused-ring (bicyclic) bond motifs is 1. The molecule has 0 spiro atoms. The highest BCUT2D eigenvalue weighted by molar-refractivity contribution is 5.54. The lowest BCUT2D eigenvalue weighted by Crippen LogP contribution is -2.25. The molecule has 0 aromatic carbocycles. The van der Waals surface area contributed by atoms with Crippen LogP contribution in [0.4, 0.5) is 11.8 Å². The highest BCUT2D eigenvalue weighted by Gasteiger charge is 2.44. The monoisotopic (exact) mass is 229 g/mol. The molecule has 1 heterocycles. The Bertz CT molecular complexity index is 472. The van der Waals surface area contributed by atoms with E-state index in [0.29, 0.717) is 23.4 Å². The molecule has 0 aliphatic heterocycles. The van der Waals surface area contributed by atoms with Gasteiger partial charge >= 0.3 is 0 Å². The number of nitriles is 1. The summed E-state index contributed by atoms with van der Waals surface area (Å²) in [4.78, 5) is 8.37. The van der Waals surface area contributed by atoms with E-state index in [2.05, 4.69) is 26.7 Å². The zero-order valence-electron chi connectivity index (χ0n) is 9.77. The van der Waals surface area contributed by atoms with Crippen LogP contribution in [-0.2, 0) is 0 Å². The van der Waals surface area contributed by atoms with E-state index in [9.17, 15) is 0 Å². The van der Waals surface area contributed by atoms with E-state index in [1.165, 1.54) is 19.3 Å². The molecule has 2 N–H and O–H groups in total. The molecule has 2 bridgehead atoms. The number of rotatable bonds is 3. The van der Waals surface area contributed by atoms with Crippen LogP contribution < -0.4 is 10.6 Å². The van der Waals surface area contributed by atoms with Crippen molar-refractivity contribution in [1.29, 1.82) is 5.26 Å². The average molecular weight is 229 g/mol. The topological polar surface area (TPSA) is 73.6 Å². The summed E-state index contributed by atoms with van der Waals surface area (Å²) in [5, 5.41) is 15.3. The summed E-state index contributed by atoms with van der Waals surface area (Å²) in [6.45, 7) is 0. The number of hydrogen-bond acceptors (Lipinski definition) is 5. The van der Waals surface area contributed by atoms with Crippen molar-refractivity contribution in [3.63, 3.8) is 0 Å². The number of nitrogens with zero attached hydrogens (tertiary/aromatic N) is 3. The van der Waals surface area contributed by atoms with E-state index in [-0.39, 0.29) is 0 Å². The van der Waals surface area contributed by atoms with Gasteiger partial charge in [-0.1, -0.05) is 0 Å². The maximum Gasteiger partial charge on any atom is 0.224 e. The van der Waals surface area contributed by atoms with Gasteiger partial charge in [0, 0.05) is 13.1 Å². The van der Waals surface area contributed by atoms with Crippen molar-refractivity contribution >= 4 is 11.8 Å². The van der Waals surface area contributed by atoms with Gasteiger partial charge in [0.25, 0.3) is 0 Å². The summed E-state index contributed by atoms with van der Waals surface area (Å²) < 4.78 is 0. The molecular formula is C12H15N5. The van der Waals surface area contributed by atoms with Crippen LogP contribution in [0.15, 0.2) is 6.20 Å². The third-order valence-corrected chi connectivity index (χ3v) is 3.88. The average Bonchev–Trinajstić information content (AvgIpc) is 2.87. The Balaban J connectivity index is 1.83. The molecule has 4 rings (SSSR count). The second kappa shape index (κ2) is 3.88. The van der Waals surface area contributed by atoms with Crippen LogP contribution >= 0.6 is 0 Å². The molecule has 17 heavy (non-hydrogen) atoms. The van der Waals surface area contributed by atoms with Crippen LogP contribution in [0.3, 0.4) is 0 Å². The smallest absolute Gasteiger partial charge is 0.224 e. The fourth-order valence-electron chi connectivity index (χ4n) is 2.91. The lowest BCUT2D eigenvalue weighted by molar-refractivity contribution is 0.298. The van der Waals surface area contributed by atoms with Gasteiger partial charge in [0.1, 0.15) is 17.5 Å². The van der Waals surface area contributed by atoms with Gasteiger partial charge in [0.15, 0.2) is 0 Å². The van der Waals surface area contributed by atoms with E-state index in [1.807, 2.05) is 0 Å². The second-order valence-corrected chi connectivity index (χ2v) is 4.90. The van der Waals surface area contributed by atoms with Gasteiger partial charge in [-0.3, -0.25) is 0 Å². The van der Waals surface area contributed by atoms with Gasteiger partial charge in [-0.2, -0.15) is 10.2 Å². The standard InChI is InChI=1S/C12H15N5/c1-14-12-15-6-9(5-13)11(17-12)16-10-4-7-2-8(10)3-7/h6-8,10H,2-4H2,1H3,(H2,14,15,16,17). The minimum absolute atomic E-state index is 0.492. The number of nitrogens with one attached hydrogen (secondary N) is 2. The zero-order valence-corrected chi connectivity index (χ0v) is 9.77. The summed E-state index contributed by atoms with van der Waals surface area (Å²) in [7, 11) is 1.78. The van der Waals surface area contributed by atoms with E-state index in [1.54, 1.807) is 13.2 Å². The van der Waals surface area contributed by atoms with Gasteiger partial charge in [0.2, 0.25) is 5.95 Å². The molecule has 1 unspecified atom stereocenters. The van der Waals surface area contributed by atoms with Crippen LogP contribution in [0.1, 0.15) is 24.8 Å². The molecule has 5 heteroatoms. The van der Waals surface area contributed by atoms with E-state index < -0.39 is 0 Å². The number of anilines is 2. The van der Waals surface area contributed by atoms with E-state index >= 15 is 0 Å². The highest BCUT2D eigenvalue weighted by Crippen LogP contribution is 2.49. The molecule has 0 saturated heterocycles. The third kappa shape index (κ3) is 1.70. The molecule has 88 valence electrons. The first-order valence-electron chi connectivity index (χ1n) is 6.01. The van der Waals surface area contributed by atoms with Crippen LogP contribution in [0.5, 0.6) is 0 Å². The highest BCUT2D eigenvalue weighted by atomic mass is 15.1. The van der Waals surface area contributed by atoms with Crippen molar-refractivity contribution in [2.45, 2.75) is 25.3 Å². The molecule has 5 nitrogen and oxygen atoms in total. The lowest BCUT2D eigenvalue weighted by atomic mass is 9.84. The van der Waals surface area contributed by atoms with Crippen LogP contribution in [0.2, 0.25) is 0 Å². The maximum atomic E-state index is 9.04. The largest absolute Gasteiger partial charge is 0.366 e. The summed E-state index contributed by atoms with van der Waals surface area (Å²) in [6.07, 6.45) is 5.46. The molecule has 0 radical (unpaired) electrons. The van der Waals surface area contributed by atoms with Crippen molar-refractivity contribution < 1.29 is 0 Å². The van der Waals surface area contributed by atoms with Crippen molar-refractivity contribution in [1.82, 2.24) is 9.97 Å². The van der Waals surface area contributed by atoms with Crippen molar-refractivity contribution in [2.24, 2.45) is 11.8 Å². The lowest BCUT2D eigenvalue weighted by Gasteiger charge is -2.25. The van der Waals surface area contributed by atoms with Crippen LogP contribution in [-0.4, -0.2) is 23.1 Å². The Morgan fingerprint density at radius 1 is 1.41 bits per heavy atom. The quantitative estimate of drug-likeness (QED) is 0.823. The SMILES string of the molecule is CNc1ncc(C#N)c(NC2CC3CC2C3)n1. The van der Waals surface area contributed by atoms with Crippen molar-refractivity contribution in [3.8, 4) is 6.07 Å². The van der Waals surface area contributed by atoms with Crippen LogP contribution in [0.25, 0.3) is 0 Å². The molecule has 3 aliphatic carbocycles. The van der Waals surface area contributed by atoms with Gasteiger partial charge in [0.05, 0.1) is 6.20 Å². The Hall–Kier alpha value is -1.83. The third-order valence-electron chi connectivity index (χ3n) is 3.88. The molecule has 0 amide bonds. The summed E-state index contributed by atoms with van der Waals surface area (Å²) in [5.41, 5.74) is 0.521. The first kappa shape index (κ1) is 10.3. The normalized spacial score (nSPS) is 29.3. The molecule has 1 atom stereocenters. The summed E-state index contributed by atoms with van der Waals surface area (Å²) in [5.74, 6) is 2.90. The molecular weight excluding hydrogens is 214 g/mol. The van der Waals surface area contributed by atoms with Gasteiger partial charge in [-0.25, -0.2) is 4.98 Å². The molecule has 1 aromatic rings. The van der Waals surface area contributed by atoms with Crippen molar-refractivity contribution in [3.05, 3.63) is 11.8 Å². The first-order valence-corrected chi connectivity index (χ1v) is 6.01. The summed E-state index contributed by atoms with van der Waals surface area (Å²) >= 11 is 0. The Morgan fingerprint density at radius 3 is 2.82 bits per heavy atom. The predicted molar refractivity (Wildman–Crippen MR) is 64.5 cm³/mol. The Kier molecular flexibility index (Phi) is 2.36. The second-order valence-electron chi connectivity index (χ2n) is 4.90. The minimum Gasteiger partial charge on any atom is -0.366 e. The molecule has 1 aromatic heterocycles. The van der Waals surface area contributed by atoms with E-state index in [4.69, 9.17) is 5.26 Å². The van der Waals surface area contributed by atoms with Crippen LogP contribution in [0, 0.1) is 23.2 Å². The fourth-order valence-corrected chi connectivity index (χ4v) is 2.91. The van der Waals surface area contributed by atoms with Gasteiger partial charge < -0.3 is 10.6 Å². The first-order chi connectivity index (χ1) is 8.30. The Morgan fingerprint density at radius 2 is 2.24 bits per heavy atom. The molecule has 3 saturated carbocycles. The van der Waals surface area contributed by atoms with Gasteiger partial charge in [-0.15, -0.1) is 0 Å². The molecule has 3 aliphatic rings. The van der Waals surface area contributed by atoms with Gasteiger partial charge in [-0.05, 0) is 31.1 Å². The number of aromatic nitrogens is 2. The van der Waals surface area contributed by atoms with E-state index in [0.717, 1.165) is 11.8 Å². The zero-order chi connectivity index (χ0) is 11.8. The predicted octanol–water partition coefficient (Wildman–Crippen LogP) is 1.60. The minimum atomic E-state index is 0.492. The maximum absolute atomic E-state index is 9.04. The Labute approximate surface area is 100 Å². The fraction of sp³-hybridized carbons (Fsp3) is 0.583. The summed E-state index contributed by atoms with van der Waals surface area (Å²) in [6, 6.07) is 2.63. The molecule has 3 fully saturated rings. The number of hydrogen-bond donors (Lipinski definition) is 2. The van der Waals surface area contributed by atoms with Crippen molar-refractivity contribution in [2.75, 3.05) is 17.7 Å².